The first-order valence-electron chi connectivity index (χ1n) is 5.76. The first-order valence-corrected chi connectivity index (χ1v) is 6.14. The van der Waals surface area contributed by atoms with Crippen molar-refractivity contribution in [2.45, 2.75) is 33.4 Å². The number of aromatic nitrogens is 2. The van der Waals surface area contributed by atoms with E-state index < -0.39 is 5.97 Å². The molecular formula is C11H18ClN3O2. The van der Waals surface area contributed by atoms with Crippen LogP contribution in [0.4, 0.5) is 0 Å². The Labute approximate surface area is 106 Å². The van der Waals surface area contributed by atoms with Crippen molar-refractivity contribution in [2.24, 2.45) is 0 Å². The fraction of sp³-hybridized carbons (Fsp3) is 0.636. The van der Waals surface area contributed by atoms with Gasteiger partial charge in [-0.15, -0.1) is 0 Å². The van der Waals surface area contributed by atoms with E-state index in [2.05, 4.69) is 10.00 Å². The molecule has 0 bridgehead atoms. The molecule has 1 N–H and O–H groups in total. The third kappa shape index (κ3) is 2.98. The molecule has 0 spiro atoms. The predicted molar refractivity (Wildman–Crippen MR) is 66.5 cm³/mol. The van der Waals surface area contributed by atoms with Crippen LogP contribution in [0.3, 0.4) is 0 Å². The second-order valence-corrected chi connectivity index (χ2v) is 4.11. The molecular weight excluding hydrogens is 242 g/mol. The topological polar surface area (TPSA) is 58.4 Å². The number of aromatic carboxylic acids is 1. The number of hydrogen-bond donors (Lipinski definition) is 1. The molecule has 0 radical (unpaired) electrons. The molecule has 1 aliphatic rings. The molecule has 0 aromatic carbocycles. The standard InChI is InChI=1S/C9H12ClN3O2.C2H6/c1-12-3-2-4-13-6(5-12)7(10)8(11-13)9(14)15;1-2/h2-5H2,1H3,(H,14,15);1-2H3. The van der Waals surface area contributed by atoms with E-state index in [0.29, 0.717) is 6.54 Å². The molecule has 0 amide bonds. The number of halogens is 1. The number of carboxylic acids is 1. The Kier molecular flexibility index (Phi) is 4.96. The van der Waals surface area contributed by atoms with Gasteiger partial charge in [-0.1, -0.05) is 25.4 Å². The fourth-order valence-electron chi connectivity index (χ4n) is 1.77. The molecule has 6 heteroatoms. The average Bonchev–Trinajstić information content (AvgIpc) is 2.49. The number of fused-ring (bicyclic) bond motifs is 1. The summed E-state index contributed by atoms with van der Waals surface area (Å²) in [6, 6.07) is 0. The van der Waals surface area contributed by atoms with Crippen molar-refractivity contribution in [1.29, 1.82) is 0 Å². The van der Waals surface area contributed by atoms with Gasteiger partial charge in [-0.25, -0.2) is 4.79 Å². The van der Waals surface area contributed by atoms with Gasteiger partial charge in [-0.2, -0.15) is 5.10 Å². The van der Waals surface area contributed by atoms with Crippen molar-refractivity contribution in [1.82, 2.24) is 14.7 Å². The highest BCUT2D eigenvalue weighted by Gasteiger charge is 2.23. The highest BCUT2D eigenvalue weighted by atomic mass is 35.5. The molecule has 0 saturated carbocycles. The zero-order valence-electron chi connectivity index (χ0n) is 10.4. The van der Waals surface area contributed by atoms with Gasteiger partial charge in [0, 0.05) is 19.6 Å². The van der Waals surface area contributed by atoms with E-state index in [-0.39, 0.29) is 10.7 Å². The third-order valence-electron chi connectivity index (χ3n) is 2.53. The van der Waals surface area contributed by atoms with Crippen molar-refractivity contribution in [3.05, 3.63) is 16.4 Å². The Hall–Kier alpha value is -1.07. The molecule has 0 saturated heterocycles. The number of hydrogen-bond acceptors (Lipinski definition) is 3. The van der Waals surface area contributed by atoms with Gasteiger partial charge < -0.3 is 10.0 Å². The number of rotatable bonds is 1. The van der Waals surface area contributed by atoms with Gasteiger partial charge in [0.2, 0.25) is 0 Å². The lowest BCUT2D eigenvalue weighted by Gasteiger charge is -2.11. The molecule has 2 rings (SSSR count). The summed E-state index contributed by atoms with van der Waals surface area (Å²) >= 11 is 5.98. The van der Waals surface area contributed by atoms with Crippen LogP contribution in [-0.2, 0) is 13.1 Å². The lowest BCUT2D eigenvalue weighted by atomic mass is 10.3. The lowest BCUT2D eigenvalue weighted by Crippen LogP contribution is -2.17. The van der Waals surface area contributed by atoms with Gasteiger partial charge in [0.25, 0.3) is 0 Å². The van der Waals surface area contributed by atoms with Gasteiger partial charge in [0.1, 0.15) is 0 Å². The fourth-order valence-corrected chi connectivity index (χ4v) is 2.05. The molecule has 1 aromatic heterocycles. The normalized spacial score (nSPS) is 15.5. The van der Waals surface area contributed by atoms with Gasteiger partial charge in [0.15, 0.2) is 5.69 Å². The molecule has 1 aromatic rings. The summed E-state index contributed by atoms with van der Waals surface area (Å²) < 4.78 is 1.70. The molecule has 17 heavy (non-hydrogen) atoms. The Balaban J connectivity index is 0.000000686. The Morgan fingerprint density at radius 3 is 2.65 bits per heavy atom. The van der Waals surface area contributed by atoms with Crippen LogP contribution in [0.2, 0.25) is 5.02 Å². The minimum Gasteiger partial charge on any atom is -0.476 e. The van der Waals surface area contributed by atoms with Crippen LogP contribution in [0.25, 0.3) is 0 Å². The molecule has 5 nitrogen and oxygen atoms in total. The summed E-state index contributed by atoms with van der Waals surface area (Å²) in [5, 5.41) is 13.2. The highest BCUT2D eigenvalue weighted by molar-refractivity contribution is 6.33. The molecule has 0 aliphatic carbocycles. The molecule has 2 heterocycles. The minimum atomic E-state index is -1.07. The van der Waals surface area contributed by atoms with E-state index in [9.17, 15) is 4.79 Å². The Bertz CT molecular complexity index is 404. The highest BCUT2D eigenvalue weighted by Crippen LogP contribution is 2.24. The maximum Gasteiger partial charge on any atom is 0.357 e. The third-order valence-corrected chi connectivity index (χ3v) is 2.92. The van der Waals surface area contributed by atoms with Crippen molar-refractivity contribution in [3.63, 3.8) is 0 Å². The number of carbonyl (C=O) groups is 1. The first-order chi connectivity index (χ1) is 8.09. The molecule has 0 atom stereocenters. The van der Waals surface area contributed by atoms with E-state index in [1.165, 1.54) is 0 Å². The number of carboxylic acid groups (broad SMARTS) is 1. The Morgan fingerprint density at radius 2 is 2.06 bits per heavy atom. The zero-order chi connectivity index (χ0) is 13.0. The summed E-state index contributed by atoms with van der Waals surface area (Å²) in [6.07, 6.45) is 0.959. The molecule has 96 valence electrons. The smallest absolute Gasteiger partial charge is 0.357 e. The monoisotopic (exact) mass is 259 g/mol. The van der Waals surface area contributed by atoms with E-state index in [0.717, 1.165) is 25.2 Å². The maximum absolute atomic E-state index is 10.8. The van der Waals surface area contributed by atoms with E-state index in [1.54, 1.807) is 4.68 Å². The predicted octanol–water partition coefficient (Wildman–Crippen LogP) is 2.10. The van der Waals surface area contributed by atoms with E-state index >= 15 is 0 Å². The summed E-state index contributed by atoms with van der Waals surface area (Å²) in [5.41, 5.74) is 0.760. The van der Waals surface area contributed by atoms with Crippen LogP contribution >= 0.6 is 11.6 Å². The number of aryl methyl sites for hydroxylation is 1. The largest absolute Gasteiger partial charge is 0.476 e. The average molecular weight is 260 g/mol. The van der Waals surface area contributed by atoms with E-state index in [4.69, 9.17) is 16.7 Å². The van der Waals surface area contributed by atoms with Crippen molar-refractivity contribution in [3.8, 4) is 0 Å². The Morgan fingerprint density at radius 1 is 1.41 bits per heavy atom. The van der Waals surface area contributed by atoms with Crippen LogP contribution in [0.15, 0.2) is 0 Å². The van der Waals surface area contributed by atoms with Crippen LogP contribution in [-0.4, -0.2) is 39.3 Å². The minimum absolute atomic E-state index is 0.0398. The summed E-state index contributed by atoms with van der Waals surface area (Å²) in [7, 11) is 1.99. The molecule has 0 unspecified atom stereocenters. The van der Waals surface area contributed by atoms with Crippen molar-refractivity contribution >= 4 is 17.6 Å². The summed E-state index contributed by atoms with van der Waals surface area (Å²) in [6.45, 7) is 6.36. The lowest BCUT2D eigenvalue weighted by molar-refractivity contribution is 0.0689. The van der Waals surface area contributed by atoms with Gasteiger partial charge in [-0.05, 0) is 13.5 Å². The van der Waals surface area contributed by atoms with Crippen LogP contribution in [0, 0.1) is 0 Å². The summed E-state index contributed by atoms with van der Waals surface area (Å²) in [4.78, 5) is 12.9. The van der Waals surface area contributed by atoms with Gasteiger partial charge >= 0.3 is 5.97 Å². The molecule has 0 fully saturated rings. The van der Waals surface area contributed by atoms with Crippen molar-refractivity contribution in [2.75, 3.05) is 13.6 Å². The second-order valence-electron chi connectivity index (χ2n) is 3.73. The maximum atomic E-state index is 10.8. The first kappa shape index (κ1) is 14.0. The summed E-state index contributed by atoms with van der Waals surface area (Å²) in [5.74, 6) is -1.07. The quantitative estimate of drug-likeness (QED) is 0.839. The van der Waals surface area contributed by atoms with Crippen molar-refractivity contribution < 1.29 is 9.90 Å². The van der Waals surface area contributed by atoms with Crippen LogP contribution in [0.5, 0.6) is 0 Å². The molecule has 1 aliphatic heterocycles. The van der Waals surface area contributed by atoms with Crippen LogP contribution in [0.1, 0.15) is 36.5 Å². The zero-order valence-corrected chi connectivity index (χ0v) is 11.2. The second kappa shape index (κ2) is 6.02. The SMILES string of the molecule is CC.CN1CCCn2nc(C(=O)O)c(Cl)c2C1. The van der Waals surface area contributed by atoms with Gasteiger partial charge in [-0.3, -0.25) is 4.68 Å². The van der Waals surface area contributed by atoms with E-state index in [1.807, 2.05) is 20.9 Å². The number of nitrogens with zero attached hydrogens (tertiary/aromatic N) is 3. The van der Waals surface area contributed by atoms with Gasteiger partial charge in [0.05, 0.1) is 10.7 Å². The van der Waals surface area contributed by atoms with Crippen LogP contribution < -0.4 is 0 Å².